The van der Waals surface area contributed by atoms with E-state index in [1.54, 1.807) is 18.2 Å². The molecule has 1 aromatic heterocycles. The number of halogens is 2. The van der Waals surface area contributed by atoms with Gasteiger partial charge >= 0.3 is 0 Å². The van der Waals surface area contributed by atoms with E-state index in [-0.39, 0.29) is 23.4 Å². The molecule has 0 radical (unpaired) electrons. The maximum Gasteiger partial charge on any atom is 0.253 e. The minimum Gasteiger partial charge on any atom is -0.348 e. The van der Waals surface area contributed by atoms with Gasteiger partial charge < -0.3 is 5.32 Å². The molecule has 6 heteroatoms. The zero-order valence-corrected chi connectivity index (χ0v) is 13.6. The maximum atomic E-state index is 13.1. The third kappa shape index (κ3) is 3.03. The Kier molecular flexibility index (Phi) is 4.36. The fourth-order valence-electron chi connectivity index (χ4n) is 2.56. The molecule has 3 aromatic rings. The third-order valence-electron chi connectivity index (χ3n) is 3.75. The average molecular weight is 345 g/mol. The number of benzene rings is 2. The molecular formula is C18H14ClFN2O2. The van der Waals surface area contributed by atoms with Crippen molar-refractivity contribution in [1.82, 2.24) is 9.88 Å². The van der Waals surface area contributed by atoms with E-state index < -0.39 is 5.82 Å². The van der Waals surface area contributed by atoms with Crippen molar-refractivity contribution in [3.8, 4) is 0 Å². The zero-order chi connectivity index (χ0) is 17.3. The van der Waals surface area contributed by atoms with Gasteiger partial charge in [-0.2, -0.15) is 0 Å². The number of carbonyl (C=O) groups is 2. The second-order valence-electron chi connectivity index (χ2n) is 5.37. The van der Waals surface area contributed by atoms with Crippen molar-refractivity contribution in [3.05, 3.63) is 70.6 Å². The summed E-state index contributed by atoms with van der Waals surface area (Å²) < 4.78 is 14.5. The van der Waals surface area contributed by atoms with Gasteiger partial charge in [0.25, 0.3) is 5.91 Å². The summed E-state index contributed by atoms with van der Waals surface area (Å²) in [6.45, 7) is 1.60. The minimum atomic E-state index is -0.431. The molecule has 0 spiro atoms. The highest BCUT2D eigenvalue weighted by molar-refractivity contribution is 6.31. The standard InChI is InChI=1S/C18H14ClFN2O2/c1-11(23)22-10-15(14-4-2-3-5-17(14)22)18(24)21-9-12-6-7-13(20)8-16(12)19/h2-8,10H,9H2,1H3,(H,21,24). The number of hydrogen-bond donors (Lipinski definition) is 1. The van der Waals surface area contributed by atoms with Gasteiger partial charge in [0.2, 0.25) is 5.91 Å². The maximum absolute atomic E-state index is 13.1. The van der Waals surface area contributed by atoms with Crippen LogP contribution in [0.5, 0.6) is 0 Å². The van der Waals surface area contributed by atoms with Crippen molar-refractivity contribution in [1.29, 1.82) is 0 Å². The van der Waals surface area contributed by atoms with Crippen LogP contribution in [0, 0.1) is 5.82 Å². The summed E-state index contributed by atoms with van der Waals surface area (Å²) >= 11 is 5.96. The fourth-order valence-corrected chi connectivity index (χ4v) is 2.79. The van der Waals surface area contributed by atoms with Crippen molar-refractivity contribution in [3.63, 3.8) is 0 Å². The number of amides is 1. The van der Waals surface area contributed by atoms with Crippen LogP contribution in [0.2, 0.25) is 5.02 Å². The number of nitrogens with one attached hydrogen (secondary N) is 1. The van der Waals surface area contributed by atoms with Crippen molar-refractivity contribution >= 4 is 34.3 Å². The number of para-hydroxylation sites is 1. The van der Waals surface area contributed by atoms with E-state index in [2.05, 4.69) is 5.32 Å². The van der Waals surface area contributed by atoms with E-state index in [0.29, 0.717) is 22.0 Å². The largest absolute Gasteiger partial charge is 0.348 e. The fraction of sp³-hybridized carbons (Fsp3) is 0.111. The quantitative estimate of drug-likeness (QED) is 0.780. The SMILES string of the molecule is CC(=O)n1cc(C(=O)NCc2ccc(F)cc2Cl)c2ccccc21. The van der Waals surface area contributed by atoms with Crippen molar-refractivity contribution in [2.24, 2.45) is 0 Å². The summed E-state index contributed by atoms with van der Waals surface area (Å²) in [4.78, 5) is 24.2. The molecular weight excluding hydrogens is 331 g/mol. The average Bonchev–Trinajstić information content (AvgIpc) is 2.94. The summed E-state index contributed by atoms with van der Waals surface area (Å²) in [7, 11) is 0. The summed E-state index contributed by atoms with van der Waals surface area (Å²) in [6, 6.07) is 11.2. The van der Waals surface area contributed by atoms with Crippen LogP contribution in [0.4, 0.5) is 4.39 Å². The molecule has 1 N–H and O–H groups in total. The molecule has 1 heterocycles. The number of rotatable bonds is 3. The van der Waals surface area contributed by atoms with Gasteiger partial charge in [0.05, 0.1) is 11.1 Å². The van der Waals surface area contributed by atoms with Crippen LogP contribution in [-0.2, 0) is 6.54 Å². The van der Waals surface area contributed by atoms with E-state index in [0.717, 1.165) is 0 Å². The van der Waals surface area contributed by atoms with Crippen LogP contribution in [-0.4, -0.2) is 16.4 Å². The lowest BCUT2D eigenvalue weighted by Gasteiger charge is -2.06. The number of aromatic nitrogens is 1. The minimum absolute atomic E-state index is 0.164. The van der Waals surface area contributed by atoms with E-state index in [1.807, 2.05) is 6.07 Å². The molecule has 0 aliphatic rings. The number of hydrogen-bond acceptors (Lipinski definition) is 2. The van der Waals surface area contributed by atoms with Crippen LogP contribution in [0.25, 0.3) is 10.9 Å². The Morgan fingerprint density at radius 2 is 1.96 bits per heavy atom. The van der Waals surface area contributed by atoms with Gasteiger partial charge in [0.1, 0.15) is 5.82 Å². The summed E-state index contributed by atoms with van der Waals surface area (Å²) in [5.74, 6) is -0.932. The molecule has 0 saturated carbocycles. The molecule has 1 amide bonds. The Bertz CT molecular complexity index is 949. The summed E-state index contributed by atoms with van der Waals surface area (Å²) in [5.41, 5.74) is 1.69. The van der Waals surface area contributed by atoms with E-state index in [1.165, 1.54) is 35.9 Å². The Hall–Kier alpha value is -2.66. The first-order valence-electron chi connectivity index (χ1n) is 7.30. The molecule has 2 aromatic carbocycles. The van der Waals surface area contributed by atoms with E-state index in [9.17, 15) is 14.0 Å². The Labute approximate surface area is 142 Å². The molecule has 0 aliphatic carbocycles. The molecule has 24 heavy (non-hydrogen) atoms. The second kappa shape index (κ2) is 6.45. The lowest BCUT2D eigenvalue weighted by molar-refractivity contribution is 0.0941. The first-order chi connectivity index (χ1) is 11.5. The molecule has 122 valence electrons. The first-order valence-corrected chi connectivity index (χ1v) is 7.68. The third-order valence-corrected chi connectivity index (χ3v) is 4.10. The van der Waals surface area contributed by atoms with E-state index in [4.69, 9.17) is 11.6 Å². The first kappa shape index (κ1) is 16.2. The molecule has 0 fully saturated rings. The summed E-state index contributed by atoms with van der Waals surface area (Å²) in [5, 5.41) is 3.69. The van der Waals surface area contributed by atoms with Crippen LogP contribution in [0.3, 0.4) is 0 Å². The Morgan fingerprint density at radius 1 is 1.21 bits per heavy atom. The molecule has 0 bridgehead atoms. The van der Waals surface area contributed by atoms with Gasteiger partial charge in [0, 0.05) is 30.1 Å². The van der Waals surface area contributed by atoms with Gasteiger partial charge in [-0.1, -0.05) is 35.9 Å². The smallest absolute Gasteiger partial charge is 0.253 e. The molecule has 0 aliphatic heterocycles. The normalized spacial score (nSPS) is 10.8. The molecule has 4 nitrogen and oxygen atoms in total. The Balaban J connectivity index is 1.88. The number of nitrogens with zero attached hydrogens (tertiary/aromatic N) is 1. The summed E-state index contributed by atoms with van der Waals surface area (Å²) in [6.07, 6.45) is 1.52. The van der Waals surface area contributed by atoms with Gasteiger partial charge in [-0.25, -0.2) is 4.39 Å². The predicted octanol–water partition coefficient (Wildman–Crippen LogP) is 4.02. The van der Waals surface area contributed by atoms with Crippen molar-refractivity contribution in [2.75, 3.05) is 0 Å². The van der Waals surface area contributed by atoms with E-state index >= 15 is 0 Å². The molecule has 0 atom stereocenters. The van der Waals surface area contributed by atoms with Gasteiger partial charge in [-0.15, -0.1) is 0 Å². The van der Waals surface area contributed by atoms with Gasteiger partial charge in [-0.3, -0.25) is 14.2 Å². The van der Waals surface area contributed by atoms with Gasteiger partial charge in [0.15, 0.2) is 0 Å². The monoisotopic (exact) mass is 344 g/mol. The Morgan fingerprint density at radius 3 is 2.67 bits per heavy atom. The lowest BCUT2D eigenvalue weighted by Crippen LogP contribution is -2.22. The highest BCUT2D eigenvalue weighted by Gasteiger charge is 2.16. The van der Waals surface area contributed by atoms with Crippen LogP contribution < -0.4 is 5.32 Å². The van der Waals surface area contributed by atoms with Crippen LogP contribution >= 0.6 is 11.6 Å². The van der Waals surface area contributed by atoms with Crippen molar-refractivity contribution < 1.29 is 14.0 Å². The molecule has 0 saturated heterocycles. The predicted molar refractivity (Wildman–Crippen MR) is 90.8 cm³/mol. The second-order valence-corrected chi connectivity index (χ2v) is 5.77. The molecule has 3 rings (SSSR count). The number of fused-ring (bicyclic) bond motifs is 1. The lowest BCUT2D eigenvalue weighted by atomic mass is 10.1. The number of carbonyl (C=O) groups excluding carboxylic acids is 2. The zero-order valence-electron chi connectivity index (χ0n) is 12.8. The molecule has 0 unspecified atom stereocenters. The van der Waals surface area contributed by atoms with Crippen molar-refractivity contribution in [2.45, 2.75) is 13.5 Å². The van der Waals surface area contributed by atoms with Crippen LogP contribution in [0.1, 0.15) is 27.6 Å². The van der Waals surface area contributed by atoms with Crippen LogP contribution in [0.15, 0.2) is 48.7 Å². The highest BCUT2D eigenvalue weighted by atomic mass is 35.5. The topological polar surface area (TPSA) is 51.1 Å². The highest BCUT2D eigenvalue weighted by Crippen LogP contribution is 2.22. The van der Waals surface area contributed by atoms with Gasteiger partial charge in [-0.05, 0) is 23.8 Å².